The molecular formula is C8H9N5O3S. The van der Waals surface area contributed by atoms with Crippen LogP contribution in [0.1, 0.15) is 5.56 Å². The highest BCUT2D eigenvalue weighted by atomic mass is 32.2. The molecule has 0 aliphatic carbocycles. The molecule has 9 heteroatoms. The first kappa shape index (κ1) is 11.6. The molecular weight excluding hydrogens is 246 g/mol. The van der Waals surface area contributed by atoms with Crippen LogP contribution in [0, 0.1) is 0 Å². The molecule has 0 saturated carbocycles. The predicted molar refractivity (Wildman–Crippen MR) is 57.5 cm³/mol. The van der Waals surface area contributed by atoms with Crippen molar-refractivity contribution in [2.24, 2.45) is 5.14 Å². The summed E-state index contributed by atoms with van der Waals surface area (Å²) in [7, 11) is -3.94. The Morgan fingerprint density at radius 3 is 2.88 bits per heavy atom. The summed E-state index contributed by atoms with van der Waals surface area (Å²) in [5.74, 6) is 0.419. The van der Waals surface area contributed by atoms with Gasteiger partial charge in [0.25, 0.3) is 0 Å². The van der Waals surface area contributed by atoms with E-state index in [2.05, 4.69) is 24.8 Å². The number of benzene rings is 1. The number of rotatable bonds is 4. The summed E-state index contributed by atoms with van der Waals surface area (Å²) < 4.78 is 25.7. The predicted octanol–water partition coefficient (Wildman–Crippen LogP) is -0.413. The van der Waals surface area contributed by atoms with Gasteiger partial charge in [0.15, 0.2) is 0 Å². The molecule has 3 N–H and O–H groups in total. The summed E-state index contributed by atoms with van der Waals surface area (Å²) in [5.41, 5.74) is 1.34. The Hall–Kier alpha value is -1.84. The van der Waals surface area contributed by atoms with Crippen LogP contribution in [0.5, 0.6) is 0 Å². The number of nitrogens with two attached hydrogens (primary N) is 1. The van der Waals surface area contributed by atoms with E-state index in [-0.39, 0.29) is 6.61 Å². The number of aromatic nitrogens is 4. The van der Waals surface area contributed by atoms with Gasteiger partial charge in [0.2, 0.25) is 5.82 Å². The Morgan fingerprint density at radius 1 is 1.41 bits per heavy atom. The number of nitrogens with one attached hydrogen (secondary N) is 1. The molecule has 1 aromatic carbocycles. The fraction of sp³-hybridized carbons (Fsp3) is 0.125. The molecule has 17 heavy (non-hydrogen) atoms. The lowest BCUT2D eigenvalue weighted by molar-refractivity contribution is 0.308. The fourth-order valence-electron chi connectivity index (χ4n) is 1.23. The maximum atomic E-state index is 10.6. The Bertz CT molecular complexity index is 595. The molecule has 0 fully saturated rings. The highest BCUT2D eigenvalue weighted by Crippen LogP contribution is 2.15. The largest absolute Gasteiger partial charge is 0.333 e. The van der Waals surface area contributed by atoms with Crippen molar-refractivity contribution in [1.29, 1.82) is 0 Å². The molecule has 0 amide bonds. The number of hydrogen-bond donors (Lipinski definition) is 2. The summed E-state index contributed by atoms with van der Waals surface area (Å²) in [5, 5.41) is 18.1. The van der Waals surface area contributed by atoms with Crippen molar-refractivity contribution in [3.63, 3.8) is 0 Å². The molecule has 0 saturated heterocycles. The first-order valence-corrected chi connectivity index (χ1v) is 6.02. The highest BCUT2D eigenvalue weighted by Gasteiger charge is 2.06. The summed E-state index contributed by atoms with van der Waals surface area (Å²) in [6.45, 7) is -0.134. The van der Waals surface area contributed by atoms with E-state index in [0.29, 0.717) is 17.0 Å². The zero-order valence-corrected chi connectivity index (χ0v) is 9.38. The van der Waals surface area contributed by atoms with E-state index in [1.54, 1.807) is 24.3 Å². The minimum atomic E-state index is -3.94. The van der Waals surface area contributed by atoms with E-state index in [0.717, 1.165) is 0 Å². The molecule has 8 nitrogen and oxygen atoms in total. The van der Waals surface area contributed by atoms with Gasteiger partial charge in [0.05, 0.1) is 6.61 Å². The lowest BCUT2D eigenvalue weighted by Gasteiger charge is -2.02. The van der Waals surface area contributed by atoms with Crippen LogP contribution in [0.25, 0.3) is 11.4 Å². The van der Waals surface area contributed by atoms with Gasteiger partial charge >= 0.3 is 10.3 Å². The molecule has 0 atom stereocenters. The minimum absolute atomic E-state index is 0.134. The van der Waals surface area contributed by atoms with Crippen LogP contribution in [0.3, 0.4) is 0 Å². The van der Waals surface area contributed by atoms with Crippen molar-refractivity contribution in [3.8, 4) is 11.4 Å². The van der Waals surface area contributed by atoms with E-state index in [4.69, 9.17) is 5.14 Å². The second-order valence-corrected chi connectivity index (χ2v) is 4.41. The van der Waals surface area contributed by atoms with Crippen molar-refractivity contribution < 1.29 is 12.6 Å². The van der Waals surface area contributed by atoms with Crippen LogP contribution in [-0.4, -0.2) is 29.0 Å². The third-order valence-electron chi connectivity index (χ3n) is 1.92. The van der Waals surface area contributed by atoms with Gasteiger partial charge in [-0.1, -0.05) is 18.2 Å². The van der Waals surface area contributed by atoms with Crippen LogP contribution >= 0.6 is 0 Å². The SMILES string of the molecule is NS(=O)(=O)OCc1cccc(-c2nn[nH]n2)c1. The Kier molecular flexibility index (Phi) is 3.13. The molecule has 0 unspecified atom stereocenters. The van der Waals surface area contributed by atoms with Crippen LogP contribution in [0.4, 0.5) is 0 Å². The molecule has 2 aromatic rings. The second-order valence-electron chi connectivity index (χ2n) is 3.19. The number of hydrogen-bond acceptors (Lipinski definition) is 6. The Morgan fingerprint density at radius 2 is 2.24 bits per heavy atom. The molecule has 0 spiro atoms. The third-order valence-corrected chi connectivity index (χ3v) is 2.37. The fourth-order valence-corrected chi connectivity index (χ4v) is 1.53. The van der Waals surface area contributed by atoms with Gasteiger partial charge in [0, 0.05) is 5.56 Å². The number of tetrazole rings is 1. The molecule has 1 heterocycles. The van der Waals surface area contributed by atoms with Gasteiger partial charge in [-0.2, -0.15) is 13.6 Å². The lowest BCUT2D eigenvalue weighted by Crippen LogP contribution is -2.15. The van der Waals surface area contributed by atoms with Gasteiger partial charge in [-0.05, 0) is 16.8 Å². The van der Waals surface area contributed by atoms with Gasteiger partial charge in [-0.25, -0.2) is 5.14 Å². The molecule has 0 aliphatic heterocycles. The van der Waals surface area contributed by atoms with Crippen LogP contribution < -0.4 is 5.14 Å². The van der Waals surface area contributed by atoms with E-state index < -0.39 is 10.3 Å². The van der Waals surface area contributed by atoms with Gasteiger partial charge in [-0.3, -0.25) is 4.18 Å². The van der Waals surface area contributed by atoms with E-state index in [1.807, 2.05) is 0 Å². The Balaban J connectivity index is 2.18. The smallest absolute Gasteiger partial charge is 0.253 e. The van der Waals surface area contributed by atoms with Crippen LogP contribution in [-0.2, 0) is 21.1 Å². The van der Waals surface area contributed by atoms with Crippen molar-refractivity contribution in [1.82, 2.24) is 20.6 Å². The lowest BCUT2D eigenvalue weighted by atomic mass is 10.1. The standard InChI is InChI=1S/C8H9N5O3S/c9-17(14,15)16-5-6-2-1-3-7(4-6)8-10-12-13-11-8/h1-4H,5H2,(H2,9,14,15)(H,10,11,12,13). The van der Waals surface area contributed by atoms with Gasteiger partial charge in [0.1, 0.15) is 0 Å². The summed E-state index contributed by atoms with van der Waals surface area (Å²) in [4.78, 5) is 0. The first-order valence-electron chi connectivity index (χ1n) is 4.54. The van der Waals surface area contributed by atoms with Crippen molar-refractivity contribution in [2.75, 3.05) is 0 Å². The van der Waals surface area contributed by atoms with Crippen molar-refractivity contribution in [2.45, 2.75) is 6.61 Å². The van der Waals surface area contributed by atoms with Crippen molar-refractivity contribution >= 4 is 10.3 Å². The average Bonchev–Trinajstić information content (AvgIpc) is 2.79. The molecule has 0 radical (unpaired) electrons. The van der Waals surface area contributed by atoms with Crippen molar-refractivity contribution in [3.05, 3.63) is 29.8 Å². The molecule has 0 bridgehead atoms. The maximum absolute atomic E-state index is 10.6. The van der Waals surface area contributed by atoms with Crippen LogP contribution in [0.2, 0.25) is 0 Å². The quantitative estimate of drug-likeness (QED) is 0.765. The molecule has 1 aromatic heterocycles. The van der Waals surface area contributed by atoms with E-state index >= 15 is 0 Å². The van der Waals surface area contributed by atoms with Gasteiger partial charge < -0.3 is 0 Å². The summed E-state index contributed by atoms with van der Waals surface area (Å²) in [6, 6.07) is 6.89. The number of nitrogens with zero attached hydrogens (tertiary/aromatic N) is 3. The zero-order chi connectivity index (χ0) is 12.3. The van der Waals surface area contributed by atoms with E-state index in [1.165, 1.54) is 0 Å². The van der Waals surface area contributed by atoms with Crippen LogP contribution in [0.15, 0.2) is 24.3 Å². The summed E-state index contributed by atoms with van der Waals surface area (Å²) >= 11 is 0. The monoisotopic (exact) mass is 255 g/mol. The number of aromatic amines is 1. The molecule has 0 aliphatic rings. The highest BCUT2D eigenvalue weighted by molar-refractivity contribution is 7.84. The number of H-pyrrole nitrogens is 1. The van der Waals surface area contributed by atoms with Gasteiger partial charge in [-0.15, -0.1) is 10.2 Å². The molecule has 90 valence electrons. The van der Waals surface area contributed by atoms with E-state index in [9.17, 15) is 8.42 Å². The normalized spacial score (nSPS) is 11.6. The third kappa shape index (κ3) is 3.31. The second kappa shape index (κ2) is 4.57. The first-order chi connectivity index (χ1) is 8.04. The maximum Gasteiger partial charge on any atom is 0.333 e. The minimum Gasteiger partial charge on any atom is -0.253 e. The zero-order valence-electron chi connectivity index (χ0n) is 8.57. The summed E-state index contributed by atoms with van der Waals surface area (Å²) in [6.07, 6.45) is 0. The topological polar surface area (TPSA) is 124 Å². The Labute approximate surface area is 97.1 Å². The molecule has 2 rings (SSSR count). The average molecular weight is 255 g/mol.